The molecule has 0 N–H and O–H groups in total. The van der Waals surface area contributed by atoms with Crippen molar-refractivity contribution in [2.24, 2.45) is 0 Å². The van der Waals surface area contributed by atoms with Crippen molar-refractivity contribution in [2.75, 3.05) is 0 Å². The molecule has 6 rings (SSSR count). The van der Waals surface area contributed by atoms with Crippen molar-refractivity contribution in [1.29, 1.82) is 0 Å². The molecule has 3 aromatic carbocycles. The number of fused-ring (bicyclic) bond motifs is 3. The Morgan fingerprint density at radius 2 is 0.786 bits per heavy atom. The SMILES string of the molecule is c1ccc2c(c1)ncn2C(n1cnc2ccccc21)n1cnc2ccccc21. The number of rotatable bonds is 3. The van der Waals surface area contributed by atoms with Crippen LogP contribution in [-0.2, 0) is 0 Å². The van der Waals surface area contributed by atoms with E-state index in [1.807, 2.05) is 73.6 Å². The molecule has 6 heteroatoms. The average molecular weight is 364 g/mol. The second-order valence-corrected chi connectivity index (χ2v) is 6.77. The molecule has 0 aliphatic carbocycles. The number of nitrogens with zero attached hydrogens (tertiary/aromatic N) is 6. The van der Waals surface area contributed by atoms with E-state index in [1.165, 1.54) is 0 Å². The van der Waals surface area contributed by atoms with Gasteiger partial charge in [-0.3, -0.25) is 13.7 Å². The molecule has 0 radical (unpaired) electrons. The van der Waals surface area contributed by atoms with Crippen LogP contribution in [-0.4, -0.2) is 28.7 Å². The predicted octanol–water partition coefficient (Wildman–Crippen LogP) is 4.29. The van der Waals surface area contributed by atoms with Gasteiger partial charge in [0.05, 0.1) is 52.1 Å². The molecule has 0 spiro atoms. The zero-order valence-electron chi connectivity index (χ0n) is 14.9. The summed E-state index contributed by atoms with van der Waals surface area (Å²) in [6.07, 6.45) is 5.45. The largest absolute Gasteiger partial charge is 0.291 e. The number of benzene rings is 3. The summed E-state index contributed by atoms with van der Waals surface area (Å²) in [5, 5.41) is 0. The average Bonchev–Trinajstić information content (AvgIpc) is 3.47. The minimum absolute atomic E-state index is 0.216. The van der Waals surface area contributed by atoms with Gasteiger partial charge in [-0.1, -0.05) is 36.4 Å². The Morgan fingerprint density at radius 3 is 1.14 bits per heavy atom. The third-order valence-electron chi connectivity index (χ3n) is 5.19. The molecule has 0 aliphatic heterocycles. The van der Waals surface area contributed by atoms with Gasteiger partial charge in [-0.05, 0) is 36.4 Å². The second-order valence-electron chi connectivity index (χ2n) is 6.77. The zero-order valence-corrected chi connectivity index (χ0v) is 14.9. The first-order chi connectivity index (χ1) is 13.9. The third kappa shape index (κ3) is 2.11. The van der Waals surface area contributed by atoms with Gasteiger partial charge in [-0.2, -0.15) is 0 Å². The smallest absolute Gasteiger partial charge is 0.196 e. The van der Waals surface area contributed by atoms with Crippen LogP contribution in [0.15, 0.2) is 91.8 Å². The van der Waals surface area contributed by atoms with Gasteiger partial charge in [-0.15, -0.1) is 0 Å². The summed E-state index contributed by atoms with van der Waals surface area (Å²) in [6, 6.07) is 24.5. The van der Waals surface area contributed by atoms with Gasteiger partial charge in [0.1, 0.15) is 0 Å². The summed E-state index contributed by atoms with van der Waals surface area (Å²) in [7, 11) is 0. The molecule has 6 nitrogen and oxygen atoms in total. The molecule has 28 heavy (non-hydrogen) atoms. The number of aromatic nitrogens is 6. The highest BCUT2D eigenvalue weighted by Crippen LogP contribution is 2.27. The highest BCUT2D eigenvalue weighted by molar-refractivity contribution is 5.78. The number of para-hydroxylation sites is 6. The highest BCUT2D eigenvalue weighted by atomic mass is 15.4. The van der Waals surface area contributed by atoms with E-state index in [-0.39, 0.29) is 6.29 Å². The van der Waals surface area contributed by atoms with Gasteiger partial charge in [-0.25, -0.2) is 15.0 Å². The molecule has 0 atom stereocenters. The van der Waals surface area contributed by atoms with Crippen molar-refractivity contribution in [3.05, 3.63) is 91.8 Å². The molecule has 0 saturated heterocycles. The van der Waals surface area contributed by atoms with Crippen molar-refractivity contribution in [3.8, 4) is 0 Å². The molecule has 6 aromatic rings. The molecule has 0 fully saturated rings. The fraction of sp³-hybridized carbons (Fsp3) is 0.0455. The number of hydrogen-bond acceptors (Lipinski definition) is 3. The highest BCUT2D eigenvalue weighted by Gasteiger charge is 2.21. The first-order valence-corrected chi connectivity index (χ1v) is 9.15. The molecule has 0 unspecified atom stereocenters. The quantitative estimate of drug-likeness (QED) is 0.471. The number of hydrogen-bond donors (Lipinski definition) is 0. The summed E-state index contributed by atoms with van der Waals surface area (Å²) in [5.41, 5.74) is 6.05. The maximum Gasteiger partial charge on any atom is 0.196 e. The molecule has 0 saturated carbocycles. The molecule has 3 aromatic heterocycles. The minimum Gasteiger partial charge on any atom is -0.291 e. The summed E-state index contributed by atoms with van der Waals surface area (Å²) >= 11 is 0. The van der Waals surface area contributed by atoms with Crippen LogP contribution in [0.2, 0.25) is 0 Å². The Bertz CT molecular complexity index is 1260. The van der Waals surface area contributed by atoms with E-state index in [0.717, 1.165) is 33.1 Å². The molecule has 134 valence electrons. The Hall–Kier alpha value is -3.93. The van der Waals surface area contributed by atoms with Crippen LogP contribution in [0, 0.1) is 0 Å². The maximum absolute atomic E-state index is 4.61. The van der Waals surface area contributed by atoms with E-state index in [0.29, 0.717) is 0 Å². The van der Waals surface area contributed by atoms with Crippen LogP contribution in [0.5, 0.6) is 0 Å². The van der Waals surface area contributed by atoms with Crippen LogP contribution in [0.4, 0.5) is 0 Å². The summed E-state index contributed by atoms with van der Waals surface area (Å²) in [5.74, 6) is 0. The molecule has 0 amide bonds. The predicted molar refractivity (Wildman–Crippen MR) is 109 cm³/mol. The van der Waals surface area contributed by atoms with Gasteiger partial charge in [0.25, 0.3) is 0 Å². The van der Waals surface area contributed by atoms with E-state index in [1.54, 1.807) is 0 Å². The lowest BCUT2D eigenvalue weighted by Crippen LogP contribution is -2.24. The van der Waals surface area contributed by atoms with Gasteiger partial charge in [0.2, 0.25) is 0 Å². The van der Waals surface area contributed by atoms with Crippen LogP contribution in [0.3, 0.4) is 0 Å². The Kier molecular flexibility index (Phi) is 3.13. The lowest BCUT2D eigenvalue weighted by molar-refractivity contribution is 0.394. The van der Waals surface area contributed by atoms with Crippen molar-refractivity contribution < 1.29 is 0 Å². The Morgan fingerprint density at radius 1 is 0.464 bits per heavy atom. The number of imidazole rings is 3. The minimum atomic E-state index is -0.216. The Balaban J connectivity index is 1.69. The van der Waals surface area contributed by atoms with Gasteiger partial charge in [0, 0.05) is 0 Å². The second kappa shape index (κ2) is 5.79. The summed E-state index contributed by atoms with van der Waals surface area (Å²) in [4.78, 5) is 13.8. The topological polar surface area (TPSA) is 53.5 Å². The van der Waals surface area contributed by atoms with Crippen molar-refractivity contribution in [2.45, 2.75) is 6.29 Å². The van der Waals surface area contributed by atoms with Crippen molar-refractivity contribution >= 4 is 33.1 Å². The molecule has 0 aliphatic rings. The standard InChI is InChI=1S/C22H16N6/c1-4-10-19-16(7-1)23-13-26(19)22(27-14-24-17-8-2-5-11-20(17)27)28-15-25-18-9-3-6-12-21(18)28/h1-15,22H. The van der Waals surface area contributed by atoms with Crippen LogP contribution < -0.4 is 0 Å². The first kappa shape index (κ1) is 15.2. The van der Waals surface area contributed by atoms with Gasteiger partial charge >= 0.3 is 0 Å². The summed E-state index contributed by atoms with van der Waals surface area (Å²) in [6.45, 7) is 0. The van der Waals surface area contributed by atoms with E-state index in [9.17, 15) is 0 Å². The molecule has 3 heterocycles. The van der Waals surface area contributed by atoms with Crippen LogP contribution in [0.1, 0.15) is 6.29 Å². The normalized spacial score (nSPS) is 11.9. The van der Waals surface area contributed by atoms with Crippen molar-refractivity contribution in [3.63, 3.8) is 0 Å². The van der Waals surface area contributed by atoms with Crippen LogP contribution >= 0.6 is 0 Å². The maximum atomic E-state index is 4.61. The third-order valence-corrected chi connectivity index (χ3v) is 5.19. The lowest BCUT2D eigenvalue weighted by Gasteiger charge is -2.24. The fourth-order valence-electron chi connectivity index (χ4n) is 3.89. The van der Waals surface area contributed by atoms with E-state index >= 15 is 0 Å². The van der Waals surface area contributed by atoms with E-state index < -0.39 is 0 Å². The zero-order chi connectivity index (χ0) is 18.5. The van der Waals surface area contributed by atoms with Gasteiger partial charge < -0.3 is 0 Å². The van der Waals surface area contributed by atoms with Gasteiger partial charge in [0.15, 0.2) is 6.29 Å². The van der Waals surface area contributed by atoms with Crippen molar-refractivity contribution in [1.82, 2.24) is 28.7 Å². The summed E-state index contributed by atoms with van der Waals surface area (Å²) < 4.78 is 6.49. The van der Waals surface area contributed by atoms with E-state index in [4.69, 9.17) is 0 Å². The molecule has 0 bridgehead atoms. The van der Waals surface area contributed by atoms with E-state index in [2.05, 4.69) is 46.9 Å². The molecular formula is C22H16N6. The molecular weight excluding hydrogens is 348 g/mol. The Labute approximate surface area is 160 Å². The fourth-order valence-corrected chi connectivity index (χ4v) is 3.89. The lowest BCUT2D eigenvalue weighted by atomic mass is 10.3. The monoisotopic (exact) mass is 364 g/mol. The first-order valence-electron chi connectivity index (χ1n) is 9.15. The van der Waals surface area contributed by atoms with Crippen LogP contribution in [0.25, 0.3) is 33.1 Å².